The van der Waals surface area contributed by atoms with E-state index in [9.17, 15) is 0 Å². The zero-order chi connectivity index (χ0) is 15.5. The third-order valence-corrected chi connectivity index (χ3v) is 4.30. The molecular formula is C17H19ClN2O2. The molecule has 0 fully saturated rings. The SMILES string of the molecule is CCC(c1cccnc1)N(C)Cc1cc2c(cc1Cl)OCO2. The summed E-state index contributed by atoms with van der Waals surface area (Å²) >= 11 is 6.37. The Morgan fingerprint density at radius 3 is 2.77 bits per heavy atom. The maximum absolute atomic E-state index is 6.37. The van der Waals surface area contributed by atoms with E-state index in [-0.39, 0.29) is 6.79 Å². The van der Waals surface area contributed by atoms with E-state index in [1.165, 1.54) is 5.56 Å². The molecule has 0 bridgehead atoms. The Balaban J connectivity index is 1.80. The topological polar surface area (TPSA) is 34.6 Å². The maximum Gasteiger partial charge on any atom is 0.231 e. The smallest absolute Gasteiger partial charge is 0.231 e. The summed E-state index contributed by atoms with van der Waals surface area (Å²) in [5.41, 5.74) is 2.25. The second kappa shape index (κ2) is 6.55. The Morgan fingerprint density at radius 2 is 2.09 bits per heavy atom. The Kier molecular flexibility index (Phi) is 4.50. The van der Waals surface area contributed by atoms with Crippen molar-refractivity contribution in [2.24, 2.45) is 0 Å². The third kappa shape index (κ3) is 3.03. The average Bonchev–Trinajstić information content (AvgIpc) is 2.96. The first-order chi connectivity index (χ1) is 10.7. The predicted octanol–water partition coefficient (Wildman–Crippen LogP) is 4.05. The number of hydrogen-bond acceptors (Lipinski definition) is 4. The van der Waals surface area contributed by atoms with Crippen molar-refractivity contribution in [2.75, 3.05) is 13.8 Å². The number of ether oxygens (including phenoxy) is 2. The van der Waals surface area contributed by atoms with Gasteiger partial charge in [0.1, 0.15) is 0 Å². The lowest BCUT2D eigenvalue weighted by Gasteiger charge is -2.27. The summed E-state index contributed by atoms with van der Waals surface area (Å²) in [5, 5.41) is 0.706. The van der Waals surface area contributed by atoms with Crippen molar-refractivity contribution in [3.63, 3.8) is 0 Å². The molecule has 5 heteroatoms. The molecule has 22 heavy (non-hydrogen) atoms. The molecule has 116 valence electrons. The molecule has 1 aromatic heterocycles. The number of fused-ring (bicyclic) bond motifs is 1. The van der Waals surface area contributed by atoms with Gasteiger partial charge in [-0.3, -0.25) is 9.88 Å². The van der Waals surface area contributed by atoms with Gasteiger partial charge in [-0.15, -0.1) is 0 Å². The van der Waals surface area contributed by atoms with Gasteiger partial charge in [-0.25, -0.2) is 0 Å². The first kappa shape index (κ1) is 15.1. The van der Waals surface area contributed by atoms with Crippen LogP contribution in [0.1, 0.15) is 30.5 Å². The van der Waals surface area contributed by atoms with Gasteiger partial charge in [0.2, 0.25) is 6.79 Å². The molecule has 3 rings (SSSR count). The largest absolute Gasteiger partial charge is 0.454 e. The average molecular weight is 319 g/mol. The van der Waals surface area contributed by atoms with Crippen LogP contribution in [0.15, 0.2) is 36.7 Å². The minimum absolute atomic E-state index is 0.262. The molecule has 0 aliphatic carbocycles. The molecule has 1 aromatic carbocycles. The Labute approximate surface area is 135 Å². The van der Waals surface area contributed by atoms with Gasteiger partial charge < -0.3 is 9.47 Å². The number of pyridine rings is 1. The molecule has 0 radical (unpaired) electrons. The van der Waals surface area contributed by atoms with Crippen LogP contribution in [-0.4, -0.2) is 23.7 Å². The van der Waals surface area contributed by atoms with Gasteiger partial charge in [-0.1, -0.05) is 24.6 Å². The molecule has 0 saturated heterocycles. The van der Waals surface area contributed by atoms with E-state index in [2.05, 4.69) is 29.9 Å². The van der Waals surface area contributed by atoms with E-state index >= 15 is 0 Å². The summed E-state index contributed by atoms with van der Waals surface area (Å²) in [6.07, 6.45) is 4.72. The molecule has 0 amide bonds. The third-order valence-electron chi connectivity index (χ3n) is 3.95. The summed E-state index contributed by atoms with van der Waals surface area (Å²) in [7, 11) is 2.10. The number of hydrogen-bond donors (Lipinski definition) is 0. The van der Waals surface area contributed by atoms with Crippen molar-refractivity contribution >= 4 is 11.6 Å². The lowest BCUT2D eigenvalue weighted by molar-refractivity contribution is 0.174. The van der Waals surface area contributed by atoms with E-state index < -0.39 is 0 Å². The Hall–Kier alpha value is -1.78. The molecule has 2 heterocycles. The van der Waals surface area contributed by atoms with Crippen molar-refractivity contribution in [1.29, 1.82) is 0 Å². The zero-order valence-electron chi connectivity index (χ0n) is 12.8. The van der Waals surface area contributed by atoms with Gasteiger partial charge >= 0.3 is 0 Å². The monoisotopic (exact) mass is 318 g/mol. The lowest BCUT2D eigenvalue weighted by atomic mass is 10.0. The summed E-state index contributed by atoms with van der Waals surface area (Å²) in [4.78, 5) is 6.50. The maximum atomic E-state index is 6.37. The molecular weight excluding hydrogens is 300 g/mol. The first-order valence-corrected chi connectivity index (χ1v) is 7.75. The van der Waals surface area contributed by atoms with E-state index in [4.69, 9.17) is 21.1 Å². The summed E-state index contributed by atoms with van der Waals surface area (Å²) < 4.78 is 10.8. The number of halogens is 1. The highest BCUT2D eigenvalue weighted by Gasteiger charge is 2.20. The predicted molar refractivity (Wildman–Crippen MR) is 86.3 cm³/mol. The number of nitrogens with zero attached hydrogens (tertiary/aromatic N) is 2. The minimum atomic E-state index is 0.262. The standard InChI is InChI=1S/C17H19ClN2O2/c1-3-15(12-5-4-6-19-9-12)20(2)10-13-7-16-17(8-14(13)18)22-11-21-16/h4-9,15H,3,10-11H2,1-2H3. The number of aromatic nitrogens is 1. The van der Waals surface area contributed by atoms with E-state index in [0.29, 0.717) is 11.1 Å². The molecule has 1 unspecified atom stereocenters. The van der Waals surface area contributed by atoms with Gasteiger partial charge in [0.25, 0.3) is 0 Å². The second-order valence-corrected chi connectivity index (χ2v) is 5.83. The first-order valence-electron chi connectivity index (χ1n) is 7.37. The fourth-order valence-electron chi connectivity index (χ4n) is 2.83. The van der Waals surface area contributed by atoms with Crippen LogP contribution < -0.4 is 9.47 Å². The molecule has 0 saturated carbocycles. The van der Waals surface area contributed by atoms with Crippen LogP contribution in [0.4, 0.5) is 0 Å². The fraction of sp³-hybridized carbons (Fsp3) is 0.353. The fourth-order valence-corrected chi connectivity index (χ4v) is 3.05. The minimum Gasteiger partial charge on any atom is -0.454 e. The van der Waals surface area contributed by atoms with E-state index in [0.717, 1.165) is 30.0 Å². The molecule has 0 spiro atoms. The quantitative estimate of drug-likeness (QED) is 0.833. The highest BCUT2D eigenvalue weighted by atomic mass is 35.5. The number of benzene rings is 1. The van der Waals surface area contributed by atoms with E-state index in [1.807, 2.05) is 24.4 Å². The van der Waals surface area contributed by atoms with Crippen LogP contribution in [0, 0.1) is 0 Å². The van der Waals surface area contributed by atoms with Crippen LogP contribution >= 0.6 is 11.6 Å². The summed E-state index contributed by atoms with van der Waals surface area (Å²) in [6.45, 7) is 3.18. The molecule has 0 N–H and O–H groups in total. The van der Waals surface area contributed by atoms with Crippen LogP contribution in [0.25, 0.3) is 0 Å². The Morgan fingerprint density at radius 1 is 1.32 bits per heavy atom. The van der Waals surface area contributed by atoms with Crippen LogP contribution in [0.2, 0.25) is 5.02 Å². The summed E-state index contributed by atoms with van der Waals surface area (Å²) in [5.74, 6) is 1.48. The molecule has 1 aliphatic heterocycles. The number of rotatable bonds is 5. The molecule has 2 aromatic rings. The molecule has 1 aliphatic rings. The lowest BCUT2D eigenvalue weighted by Crippen LogP contribution is -2.24. The van der Waals surface area contributed by atoms with Crippen molar-refractivity contribution in [3.05, 3.63) is 52.8 Å². The van der Waals surface area contributed by atoms with Gasteiger partial charge in [0.05, 0.1) is 0 Å². The Bertz CT molecular complexity index is 649. The zero-order valence-corrected chi connectivity index (χ0v) is 13.5. The van der Waals surface area contributed by atoms with Crippen molar-refractivity contribution in [1.82, 2.24) is 9.88 Å². The van der Waals surface area contributed by atoms with Crippen molar-refractivity contribution < 1.29 is 9.47 Å². The molecule has 4 nitrogen and oxygen atoms in total. The van der Waals surface area contributed by atoms with Gasteiger partial charge in [-0.05, 0) is 36.7 Å². The normalized spacial score (nSPS) is 14.4. The van der Waals surface area contributed by atoms with Gasteiger partial charge in [-0.2, -0.15) is 0 Å². The van der Waals surface area contributed by atoms with Crippen molar-refractivity contribution in [2.45, 2.75) is 25.9 Å². The highest BCUT2D eigenvalue weighted by Crippen LogP contribution is 2.37. The van der Waals surface area contributed by atoms with Crippen LogP contribution in [0.5, 0.6) is 11.5 Å². The summed E-state index contributed by atoms with van der Waals surface area (Å²) in [6, 6.07) is 8.18. The van der Waals surface area contributed by atoms with Crippen LogP contribution in [-0.2, 0) is 6.54 Å². The second-order valence-electron chi connectivity index (χ2n) is 5.42. The molecule has 1 atom stereocenters. The van der Waals surface area contributed by atoms with E-state index in [1.54, 1.807) is 6.20 Å². The van der Waals surface area contributed by atoms with Crippen LogP contribution in [0.3, 0.4) is 0 Å². The highest BCUT2D eigenvalue weighted by molar-refractivity contribution is 6.31. The van der Waals surface area contributed by atoms with Gasteiger partial charge in [0.15, 0.2) is 11.5 Å². The van der Waals surface area contributed by atoms with Crippen molar-refractivity contribution in [3.8, 4) is 11.5 Å². The van der Waals surface area contributed by atoms with Gasteiger partial charge in [0, 0.05) is 36.1 Å².